The number of hydrogen-bond acceptors (Lipinski definition) is 2. The van der Waals surface area contributed by atoms with Crippen LogP contribution in [-0.2, 0) is 24.7 Å². The Morgan fingerprint density at radius 3 is 2.59 bits per heavy atom. The molecule has 0 aliphatic heterocycles. The maximum atomic E-state index is 12.6. The van der Waals surface area contributed by atoms with E-state index in [1.807, 2.05) is 12.1 Å². The van der Waals surface area contributed by atoms with Crippen molar-refractivity contribution >= 4 is 17.9 Å². The molecule has 0 amide bonds. The molecule has 4 heteroatoms. The minimum atomic E-state index is -2.67. The third-order valence-electron chi connectivity index (χ3n) is 2.35. The van der Waals surface area contributed by atoms with E-state index < -0.39 is 7.14 Å². The summed E-state index contributed by atoms with van der Waals surface area (Å²) >= 11 is 0. The van der Waals surface area contributed by atoms with Crippen LogP contribution in [0.25, 0.3) is 0 Å². The molecule has 0 N–H and O–H groups in total. The number of pyridine rings is 1. The van der Waals surface area contributed by atoms with Crippen molar-refractivity contribution in [3.05, 3.63) is 61.1 Å². The summed E-state index contributed by atoms with van der Waals surface area (Å²) in [5, 5.41) is 0.674. The molecule has 1 aromatic heterocycles. The summed E-state index contributed by atoms with van der Waals surface area (Å²) in [5.74, 6) is 0. The molecule has 1 aromatic carbocycles. The SMILES string of the molecule is [CH]c1cccc(P(C)(=O)c2[c-]cccc2)n1.[Ir]. The molecule has 1 unspecified atom stereocenters. The third kappa shape index (κ3) is 3.13. The van der Waals surface area contributed by atoms with E-state index in [1.54, 1.807) is 37.0 Å². The van der Waals surface area contributed by atoms with E-state index in [-0.39, 0.29) is 20.1 Å². The van der Waals surface area contributed by atoms with E-state index in [1.165, 1.54) is 0 Å². The Labute approximate surface area is 115 Å². The molecule has 0 saturated carbocycles. The van der Waals surface area contributed by atoms with Crippen molar-refractivity contribution in [2.75, 3.05) is 6.66 Å². The van der Waals surface area contributed by atoms with Gasteiger partial charge in [-0.3, -0.25) is 0 Å². The molecular weight excluding hydrogens is 409 g/mol. The van der Waals surface area contributed by atoms with E-state index >= 15 is 0 Å². The third-order valence-corrected chi connectivity index (χ3v) is 4.67. The van der Waals surface area contributed by atoms with Crippen molar-refractivity contribution in [3.8, 4) is 0 Å². The fraction of sp³-hybridized carbons (Fsp3) is 0.0769. The van der Waals surface area contributed by atoms with Crippen LogP contribution in [0.4, 0.5) is 0 Å². The summed E-state index contributed by atoms with van der Waals surface area (Å²) in [6.07, 6.45) is 0. The quantitative estimate of drug-likeness (QED) is 0.549. The van der Waals surface area contributed by atoms with Gasteiger partial charge in [0.25, 0.3) is 0 Å². The van der Waals surface area contributed by atoms with Gasteiger partial charge in [-0.15, -0.1) is 0 Å². The standard InChI is InChI=1S/C13H11NOP.Ir/c1-11-7-6-10-13(14-11)16(2,15)12-8-4-3-5-9-12;/h1,3-8,10H,2H3;/q-1;. The Kier molecular flexibility index (Phi) is 4.82. The zero-order valence-corrected chi connectivity index (χ0v) is 12.5. The van der Waals surface area contributed by atoms with Gasteiger partial charge in [0.1, 0.15) is 12.6 Å². The first-order valence-corrected chi connectivity index (χ1v) is 7.04. The molecule has 0 saturated heterocycles. The minimum absolute atomic E-state index is 0. The molecule has 2 aromatic rings. The average molecular weight is 420 g/mol. The topological polar surface area (TPSA) is 30.0 Å². The smallest absolute Gasteiger partial charge is 0.134 e. The van der Waals surface area contributed by atoms with Crippen LogP contribution < -0.4 is 10.7 Å². The number of hydrogen-bond donors (Lipinski definition) is 0. The molecule has 0 bridgehead atoms. The maximum absolute atomic E-state index is 12.6. The first-order chi connectivity index (χ1) is 7.60. The summed E-state index contributed by atoms with van der Waals surface area (Å²) in [7, 11) is -2.67. The molecule has 2 nitrogen and oxygen atoms in total. The van der Waals surface area contributed by atoms with Gasteiger partial charge in [-0.25, -0.2) is 4.98 Å². The van der Waals surface area contributed by atoms with E-state index in [2.05, 4.69) is 11.1 Å². The fourth-order valence-electron chi connectivity index (χ4n) is 1.45. The van der Waals surface area contributed by atoms with Gasteiger partial charge in [0.15, 0.2) is 0 Å². The fourth-order valence-corrected chi connectivity index (χ4v) is 3.06. The van der Waals surface area contributed by atoms with E-state index in [9.17, 15) is 4.57 Å². The Morgan fingerprint density at radius 1 is 1.24 bits per heavy atom. The van der Waals surface area contributed by atoms with Crippen LogP contribution in [0.3, 0.4) is 0 Å². The van der Waals surface area contributed by atoms with Gasteiger partial charge >= 0.3 is 0 Å². The van der Waals surface area contributed by atoms with Crippen LogP contribution in [0.5, 0.6) is 0 Å². The van der Waals surface area contributed by atoms with Crippen LogP contribution in [0, 0.1) is 13.0 Å². The summed E-state index contributed by atoms with van der Waals surface area (Å²) in [5.41, 5.74) is 0.908. The predicted molar refractivity (Wildman–Crippen MR) is 65.7 cm³/mol. The van der Waals surface area contributed by atoms with E-state index in [0.717, 1.165) is 0 Å². The van der Waals surface area contributed by atoms with Crippen LogP contribution in [-0.4, -0.2) is 11.6 Å². The second-order valence-corrected chi connectivity index (χ2v) is 6.38. The van der Waals surface area contributed by atoms with E-state index in [4.69, 9.17) is 6.92 Å². The summed E-state index contributed by atoms with van der Waals surface area (Å²) in [6.45, 7) is 7.27. The molecular formula is C13H11IrNOP-. The number of benzene rings is 1. The molecule has 3 radical (unpaired) electrons. The molecule has 0 aliphatic carbocycles. The molecule has 0 aliphatic rings. The van der Waals surface area contributed by atoms with Crippen molar-refractivity contribution in [3.63, 3.8) is 0 Å². The minimum Gasteiger partial charge on any atom is -0.315 e. The normalized spacial score (nSPS) is 13.5. The Hall–Kier alpha value is -0.751. The molecule has 1 heterocycles. The van der Waals surface area contributed by atoms with Crippen molar-refractivity contribution in [2.24, 2.45) is 0 Å². The van der Waals surface area contributed by atoms with Gasteiger partial charge in [0.05, 0.1) is 0 Å². The average Bonchev–Trinajstić information content (AvgIpc) is 2.30. The van der Waals surface area contributed by atoms with Crippen LogP contribution >= 0.6 is 7.14 Å². The zero-order chi connectivity index (χ0) is 11.6. The number of rotatable bonds is 2. The molecule has 17 heavy (non-hydrogen) atoms. The van der Waals surface area contributed by atoms with Crippen molar-refractivity contribution in [1.29, 1.82) is 0 Å². The van der Waals surface area contributed by atoms with Crippen molar-refractivity contribution in [2.45, 2.75) is 0 Å². The summed E-state index contributed by atoms with van der Waals surface area (Å²) < 4.78 is 12.6. The van der Waals surface area contributed by atoms with Gasteiger partial charge in [-0.1, -0.05) is 11.4 Å². The Balaban J connectivity index is 0.00000144. The second kappa shape index (κ2) is 5.73. The first kappa shape index (κ1) is 14.3. The molecule has 0 fully saturated rings. The number of aromatic nitrogens is 1. The maximum Gasteiger partial charge on any atom is 0.134 e. The van der Waals surface area contributed by atoms with Crippen LogP contribution in [0.15, 0.2) is 42.5 Å². The largest absolute Gasteiger partial charge is 0.315 e. The number of nitrogens with zero attached hydrogens (tertiary/aromatic N) is 1. The first-order valence-electron chi connectivity index (χ1n) is 4.88. The molecule has 2 rings (SSSR count). The van der Waals surface area contributed by atoms with E-state index in [0.29, 0.717) is 16.4 Å². The molecule has 0 spiro atoms. The van der Waals surface area contributed by atoms with Crippen molar-refractivity contribution in [1.82, 2.24) is 4.98 Å². The molecule has 89 valence electrons. The zero-order valence-electron chi connectivity index (χ0n) is 9.25. The molecule has 1 atom stereocenters. The summed E-state index contributed by atoms with van der Waals surface area (Å²) in [4.78, 5) is 4.12. The van der Waals surface area contributed by atoms with Crippen LogP contribution in [0.1, 0.15) is 5.69 Å². The predicted octanol–water partition coefficient (Wildman–Crippen LogP) is 1.88. The van der Waals surface area contributed by atoms with Crippen LogP contribution in [0.2, 0.25) is 0 Å². The Morgan fingerprint density at radius 2 is 2.00 bits per heavy atom. The van der Waals surface area contributed by atoms with Gasteiger partial charge < -0.3 is 4.57 Å². The monoisotopic (exact) mass is 421 g/mol. The second-order valence-electron chi connectivity index (χ2n) is 3.59. The van der Waals surface area contributed by atoms with Gasteiger partial charge in [-0.2, -0.15) is 30.3 Å². The van der Waals surface area contributed by atoms with Crippen molar-refractivity contribution < 1.29 is 24.7 Å². The summed E-state index contributed by atoms with van der Waals surface area (Å²) in [6, 6.07) is 15.4. The van der Waals surface area contributed by atoms with Gasteiger partial charge in [0, 0.05) is 32.7 Å². The Bertz CT molecular complexity index is 542. The van der Waals surface area contributed by atoms with Gasteiger partial charge in [-0.05, 0) is 18.8 Å². The van der Waals surface area contributed by atoms with Gasteiger partial charge in [0.2, 0.25) is 0 Å².